The number of hydrogen-bond donors (Lipinski definition) is 1. The van der Waals surface area contributed by atoms with Crippen molar-refractivity contribution in [3.63, 3.8) is 0 Å². The lowest BCUT2D eigenvalue weighted by atomic mass is 9.93. The van der Waals surface area contributed by atoms with Crippen LogP contribution in [0.3, 0.4) is 0 Å². The van der Waals surface area contributed by atoms with Gasteiger partial charge in [-0.3, -0.25) is 5.10 Å². The summed E-state index contributed by atoms with van der Waals surface area (Å²) >= 11 is 0. The van der Waals surface area contributed by atoms with E-state index in [1.165, 1.54) is 43.7 Å². The number of likely N-dealkylation sites (tertiary alicyclic amines) is 1. The molecule has 0 aliphatic carbocycles. The first kappa shape index (κ1) is 12.4. The molecule has 0 bridgehead atoms. The van der Waals surface area contributed by atoms with Gasteiger partial charge in [-0.25, -0.2) is 0 Å². The van der Waals surface area contributed by atoms with Crippen molar-refractivity contribution in [1.82, 2.24) is 15.1 Å². The molecule has 3 nitrogen and oxygen atoms in total. The Morgan fingerprint density at radius 1 is 1.11 bits per heavy atom. The van der Waals surface area contributed by atoms with Crippen LogP contribution in [0, 0.1) is 0 Å². The second kappa shape index (κ2) is 6.02. The maximum Gasteiger partial charge on any atom is 0.0490 e. The average Bonchev–Trinajstić information content (AvgIpc) is 3.01. The minimum absolute atomic E-state index is 0.676. The SMILES string of the molecule is c1ccc(CCN2CCC(c3ccn[nH]3)CC2)cc1. The molecular weight excluding hydrogens is 234 g/mol. The Hall–Kier alpha value is -1.61. The van der Waals surface area contributed by atoms with Crippen LogP contribution in [0.5, 0.6) is 0 Å². The Morgan fingerprint density at radius 3 is 2.58 bits per heavy atom. The fourth-order valence-electron chi connectivity index (χ4n) is 2.89. The smallest absolute Gasteiger partial charge is 0.0490 e. The van der Waals surface area contributed by atoms with E-state index in [0.717, 1.165) is 6.42 Å². The van der Waals surface area contributed by atoms with E-state index >= 15 is 0 Å². The molecule has 1 fully saturated rings. The molecule has 0 radical (unpaired) electrons. The Morgan fingerprint density at radius 2 is 1.89 bits per heavy atom. The number of nitrogens with one attached hydrogen (secondary N) is 1. The summed E-state index contributed by atoms with van der Waals surface area (Å²) in [6.45, 7) is 3.59. The molecular formula is C16H21N3. The van der Waals surface area contributed by atoms with Crippen molar-refractivity contribution >= 4 is 0 Å². The topological polar surface area (TPSA) is 31.9 Å². The lowest BCUT2D eigenvalue weighted by Crippen LogP contribution is -2.34. The Labute approximate surface area is 114 Å². The van der Waals surface area contributed by atoms with E-state index in [2.05, 4.69) is 51.5 Å². The van der Waals surface area contributed by atoms with E-state index in [4.69, 9.17) is 0 Å². The largest absolute Gasteiger partial charge is 0.303 e. The number of hydrogen-bond acceptors (Lipinski definition) is 2. The van der Waals surface area contributed by atoms with Crippen molar-refractivity contribution < 1.29 is 0 Å². The summed E-state index contributed by atoms with van der Waals surface area (Å²) in [5.74, 6) is 0.676. The number of nitrogens with zero attached hydrogens (tertiary/aromatic N) is 2. The molecule has 1 aromatic heterocycles. The first-order chi connectivity index (χ1) is 9.42. The van der Waals surface area contributed by atoms with Crippen LogP contribution < -0.4 is 0 Å². The van der Waals surface area contributed by atoms with Gasteiger partial charge in [0.25, 0.3) is 0 Å². The van der Waals surface area contributed by atoms with E-state index in [1.54, 1.807) is 0 Å². The summed E-state index contributed by atoms with van der Waals surface area (Å²) in [5.41, 5.74) is 2.75. The van der Waals surface area contributed by atoms with Gasteiger partial charge in [0.2, 0.25) is 0 Å². The van der Waals surface area contributed by atoms with Gasteiger partial charge in [0.15, 0.2) is 0 Å². The Bertz CT molecular complexity index is 470. The summed E-state index contributed by atoms with van der Waals surface area (Å²) in [6.07, 6.45) is 5.51. The molecule has 1 aliphatic rings. The first-order valence-corrected chi connectivity index (χ1v) is 7.17. The monoisotopic (exact) mass is 255 g/mol. The zero-order chi connectivity index (χ0) is 12.9. The van der Waals surface area contributed by atoms with Gasteiger partial charge >= 0.3 is 0 Å². The Kier molecular flexibility index (Phi) is 3.94. The fourth-order valence-corrected chi connectivity index (χ4v) is 2.89. The normalized spacial score (nSPS) is 17.7. The van der Waals surface area contributed by atoms with Crippen molar-refractivity contribution in [3.05, 3.63) is 53.9 Å². The molecule has 1 aliphatic heterocycles. The van der Waals surface area contributed by atoms with Crippen LogP contribution in [0.2, 0.25) is 0 Å². The molecule has 19 heavy (non-hydrogen) atoms. The van der Waals surface area contributed by atoms with E-state index in [0.29, 0.717) is 5.92 Å². The highest BCUT2D eigenvalue weighted by Gasteiger charge is 2.20. The number of aromatic amines is 1. The number of piperidine rings is 1. The zero-order valence-electron chi connectivity index (χ0n) is 11.3. The van der Waals surface area contributed by atoms with Crippen LogP contribution in [-0.2, 0) is 6.42 Å². The molecule has 1 aromatic carbocycles. The van der Waals surface area contributed by atoms with Gasteiger partial charge in [0, 0.05) is 24.4 Å². The molecule has 2 heterocycles. The lowest BCUT2D eigenvalue weighted by molar-refractivity contribution is 0.213. The quantitative estimate of drug-likeness (QED) is 0.911. The maximum atomic E-state index is 4.05. The van der Waals surface area contributed by atoms with Crippen LogP contribution in [0.25, 0.3) is 0 Å². The van der Waals surface area contributed by atoms with Gasteiger partial charge in [0.1, 0.15) is 0 Å². The number of benzene rings is 1. The molecule has 0 saturated carbocycles. The van der Waals surface area contributed by atoms with Gasteiger partial charge in [-0.1, -0.05) is 30.3 Å². The minimum Gasteiger partial charge on any atom is -0.303 e. The van der Waals surface area contributed by atoms with E-state index in [-0.39, 0.29) is 0 Å². The van der Waals surface area contributed by atoms with Crippen LogP contribution >= 0.6 is 0 Å². The van der Waals surface area contributed by atoms with Gasteiger partial charge in [0.05, 0.1) is 0 Å². The molecule has 3 rings (SSSR count). The average molecular weight is 255 g/mol. The summed E-state index contributed by atoms with van der Waals surface area (Å²) < 4.78 is 0. The highest BCUT2D eigenvalue weighted by molar-refractivity contribution is 5.15. The molecule has 2 aromatic rings. The van der Waals surface area contributed by atoms with Crippen LogP contribution in [0.4, 0.5) is 0 Å². The van der Waals surface area contributed by atoms with Gasteiger partial charge < -0.3 is 4.90 Å². The molecule has 0 atom stereocenters. The number of aromatic nitrogens is 2. The zero-order valence-corrected chi connectivity index (χ0v) is 11.3. The summed E-state index contributed by atoms with van der Waals surface area (Å²) in [5, 5.41) is 7.16. The van der Waals surface area contributed by atoms with Crippen molar-refractivity contribution in [2.75, 3.05) is 19.6 Å². The van der Waals surface area contributed by atoms with Crippen molar-refractivity contribution in [3.8, 4) is 0 Å². The van der Waals surface area contributed by atoms with Crippen LogP contribution in [-0.4, -0.2) is 34.7 Å². The van der Waals surface area contributed by atoms with Crippen LogP contribution in [0.1, 0.15) is 30.0 Å². The van der Waals surface area contributed by atoms with Gasteiger partial charge in [-0.2, -0.15) is 5.10 Å². The van der Waals surface area contributed by atoms with Crippen molar-refractivity contribution in [1.29, 1.82) is 0 Å². The fraction of sp³-hybridized carbons (Fsp3) is 0.438. The molecule has 0 amide bonds. The minimum atomic E-state index is 0.676. The lowest BCUT2D eigenvalue weighted by Gasteiger charge is -2.31. The molecule has 100 valence electrons. The molecule has 3 heteroatoms. The van der Waals surface area contributed by atoms with E-state index in [1.807, 2.05) is 6.20 Å². The standard InChI is InChI=1S/C16H21N3/c1-2-4-14(5-3-1)7-11-19-12-8-15(9-13-19)16-6-10-17-18-16/h1-6,10,15H,7-9,11-13H2,(H,17,18). The third kappa shape index (κ3) is 3.24. The first-order valence-electron chi connectivity index (χ1n) is 7.17. The maximum absolute atomic E-state index is 4.05. The number of H-pyrrole nitrogens is 1. The summed E-state index contributed by atoms with van der Waals surface area (Å²) in [7, 11) is 0. The summed E-state index contributed by atoms with van der Waals surface area (Å²) in [6, 6.07) is 12.9. The van der Waals surface area contributed by atoms with E-state index < -0.39 is 0 Å². The molecule has 0 spiro atoms. The third-order valence-electron chi connectivity index (χ3n) is 4.11. The van der Waals surface area contributed by atoms with Crippen molar-refractivity contribution in [2.45, 2.75) is 25.2 Å². The molecule has 1 N–H and O–H groups in total. The highest BCUT2D eigenvalue weighted by Crippen LogP contribution is 2.26. The number of rotatable bonds is 4. The second-order valence-corrected chi connectivity index (χ2v) is 5.36. The van der Waals surface area contributed by atoms with Gasteiger partial charge in [-0.05, 0) is 44.0 Å². The summed E-state index contributed by atoms with van der Waals surface area (Å²) in [4.78, 5) is 2.58. The molecule has 0 unspecified atom stereocenters. The van der Waals surface area contributed by atoms with E-state index in [9.17, 15) is 0 Å². The predicted molar refractivity (Wildman–Crippen MR) is 77.1 cm³/mol. The van der Waals surface area contributed by atoms with Gasteiger partial charge in [-0.15, -0.1) is 0 Å². The second-order valence-electron chi connectivity index (χ2n) is 5.36. The predicted octanol–water partition coefficient (Wildman–Crippen LogP) is 2.83. The van der Waals surface area contributed by atoms with Crippen molar-refractivity contribution in [2.24, 2.45) is 0 Å². The Balaban J connectivity index is 1.46. The van der Waals surface area contributed by atoms with Crippen LogP contribution in [0.15, 0.2) is 42.6 Å². The third-order valence-corrected chi connectivity index (χ3v) is 4.11. The highest BCUT2D eigenvalue weighted by atomic mass is 15.1. The molecule has 1 saturated heterocycles.